The molecule has 8 heteroatoms. The monoisotopic (exact) mass is 325 g/mol. The van der Waals surface area contributed by atoms with Gasteiger partial charge in [0.15, 0.2) is 0 Å². The van der Waals surface area contributed by atoms with Gasteiger partial charge in [0.05, 0.1) is 0 Å². The first-order chi connectivity index (χ1) is 2.00. The molecular formula is CuIKO4S. The van der Waals surface area contributed by atoms with Crippen molar-refractivity contribution in [3.8, 4) is 0 Å². The van der Waals surface area contributed by atoms with Crippen LogP contribution in [0.4, 0.5) is 0 Å². The van der Waals surface area contributed by atoms with Crippen molar-refractivity contribution < 1.29 is 110 Å². The second-order valence-electron chi connectivity index (χ2n) is 0.408. The fraction of sp³-hybridized carbons (Fsp3) is 0. The number of hydrogen-bond acceptors (Lipinski definition) is 4. The van der Waals surface area contributed by atoms with Crippen LogP contribution in [0, 0.1) is 0 Å². The van der Waals surface area contributed by atoms with E-state index in [9.17, 15) is 0 Å². The summed E-state index contributed by atoms with van der Waals surface area (Å²) in [5.41, 5.74) is 0. The molecule has 0 heterocycles. The van der Waals surface area contributed by atoms with Crippen molar-refractivity contribution in [2.24, 2.45) is 0 Å². The van der Waals surface area contributed by atoms with E-state index in [0.717, 1.165) is 0 Å². The van der Waals surface area contributed by atoms with Crippen LogP contribution < -0.4 is 75.4 Å². The van der Waals surface area contributed by atoms with Gasteiger partial charge in [-0.2, -0.15) is 0 Å². The van der Waals surface area contributed by atoms with Crippen molar-refractivity contribution in [1.82, 2.24) is 0 Å². The zero-order valence-electron chi connectivity index (χ0n) is 3.72. The molecule has 0 aliphatic heterocycles. The van der Waals surface area contributed by atoms with Crippen molar-refractivity contribution in [3.63, 3.8) is 0 Å². The molecule has 0 amide bonds. The smallest absolute Gasteiger partial charge is 1.00 e. The maximum atomic E-state index is 8.52. The molecule has 0 spiro atoms. The summed E-state index contributed by atoms with van der Waals surface area (Å²) in [4.78, 5) is 0. The Morgan fingerprint density at radius 3 is 1.12 bits per heavy atom. The summed E-state index contributed by atoms with van der Waals surface area (Å²) in [6.45, 7) is 0. The average Bonchev–Trinajstić information content (AvgIpc) is 0.722. The number of rotatable bonds is 0. The van der Waals surface area contributed by atoms with E-state index in [4.69, 9.17) is 17.5 Å². The maximum Gasteiger partial charge on any atom is 2.00 e. The molecule has 1 radical (unpaired) electrons. The second kappa shape index (κ2) is 9.76. The number of halogens is 1. The van der Waals surface area contributed by atoms with Gasteiger partial charge in [0, 0.05) is 10.4 Å². The van der Waals surface area contributed by atoms with Crippen LogP contribution in [0.2, 0.25) is 0 Å². The molecule has 0 aliphatic carbocycles. The third kappa shape index (κ3) is 69.4. The maximum absolute atomic E-state index is 8.52. The molecule has 0 N–H and O–H groups in total. The third-order valence-corrected chi connectivity index (χ3v) is 0. The molecule has 49 valence electrons. The van der Waals surface area contributed by atoms with Gasteiger partial charge in [-0.25, -0.2) is 0 Å². The summed E-state index contributed by atoms with van der Waals surface area (Å²) in [6.07, 6.45) is 0. The van der Waals surface area contributed by atoms with E-state index in [0.29, 0.717) is 0 Å². The molecule has 0 saturated carbocycles. The molecule has 0 atom stereocenters. The van der Waals surface area contributed by atoms with Gasteiger partial charge in [-0.05, 0) is 0 Å². The minimum atomic E-state index is -5.17. The first kappa shape index (κ1) is 22.4. The standard InChI is InChI=1S/Cu.HI.K.H2O4S/c;;;1-5(2,3)4/h;1H;;(H2,1,2,3,4)/q+2;;+1;/p-3. The fourth-order valence-corrected chi connectivity index (χ4v) is 0. The van der Waals surface area contributed by atoms with Gasteiger partial charge >= 0.3 is 68.5 Å². The van der Waals surface area contributed by atoms with Crippen LogP contribution in [-0.4, -0.2) is 17.5 Å². The Kier molecular flexibility index (Phi) is 27.4. The molecule has 0 aliphatic rings. The summed E-state index contributed by atoms with van der Waals surface area (Å²) in [6, 6.07) is 0. The molecule has 0 saturated heterocycles. The Bertz CT molecular complexity index is 99.2. The molecule has 0 aromatic heterocycles. The quantitative estimate of drug-likeness (QED) is 0.192. The summed E-state index contributed by atoms with van der Waals surface area (Å²) in [5, 5.41) is 0. The predicted molar refractivity (Wildman–Crippen MR) is 10.5 cm³/mol. The minimum Gasteiger partial charge on any atom is -1.00 e. The van der Waals surface area contributed by atoms with E-state index in [2.05, 4.69) is 0 Å². The largest absolute Gasteiger partial charge is 2.00 e. The van der Waals surface area contributed by atoms with Crippen molar-refractivity contribution >= 4 is 10.4 Å². The summed E-state index contributed by atoms with van der Waals surface area (Å²) in [5.74, 6) is 0. The topological polar surface area (TPSA) is 80.3 Å². The zero-order chi connectivity index (χ0) is 4.50. The van der Waals surface area contributed by atoms with Gasteiger partial charge in [-0.3, -0.25) is 8.42 Å². The summed E-state index contributed by atoms with van der Waals surface area (Å²) in [7, 11) is -5.17. The third-order valence-electron chi connectivity index (χ3n) is 0. The van der Waals surface area contributed by atoms with E-state index in [1.165, 1.54) is 0 Å². The Labute approximate surface area is 118 Å². The molecule has 0 fully saturated rings. The van der Waals surface area contributed by atoms with Crippen LogP contribution in [0.5, 0.6) is 0 Å². The fourth-order valence-electron chi connectivity index (χ4n) is 0. The molecule has 0 bridgehead atoms. The second-order valence-corrected chi connectivity index (χ2v) is 1.22. The van der Waals surface area contributed by atoms with Crippen LogP contribution in [0.1, 0.15) is 0 Å². The van der Waals surface area contributed by atoms with Crippen molar-refractivity contribution in [1.29, 1.82) is 0 Å². The van der Waals surface area contributed by atoms with Crippen LogP contribution in [0.25, 0.3) is 0 Å². The SMILES string of the molecule is O=S(=O)([O-])[O-].[Cu+2].[I-].[K+]. The van der Waals surface area contributed by atoms with E-state index in [-0.39, 0.29) is 92.4 Å². The molecule has 8 heavy (non-hydrogen) atoms. The normalized spacial score (nSPS) is 7.25. The molecule has 0 unspecified atom stereocenters. The Morgan fingerprint density at radius 2 is 1.12 bits per heavy atom. The van der Waals surface area contributed by atoms with E-state index < -0.39 is 10.4 Å². The minimum absolute atomic E-state index is 0. The Morgan fingerprint density at radius 1 is 1.12 bits per heavy atom. The van der Waals surface area contributed by atoms with Gasteiger partial charge in [-0.1, -0.05) is 0 Å². The van der Waals surface area contributed by atoms with Crippen molar-refractivity contribution in [2.45, 2.75) is 0 Å². The first-order valence-corrected chi connectivity index (χ1v) is 2.00. The average molecular weight is 326 g/mol. The van der Waals surface area contributed by atoms with E-state index in [1.54, 1.807) is 0 Å². The summed E-state index contributed by atoms with van der Waals surface area (Å²) >= 11 is 0. The van der Waals surface area contributed by atoms with E-state index >= 15 is 0 Å². The van der Waals surface area contributed by atoms with Gasteiger partial charge in [-0.15, -0.1) is 0 Å². The van der Waals surface area contributed by atoms with Crippen LogP contribution in [-0.2, 0) is 27.5 Å². The molecular weight excluding hydrogens is 326 g/mol. The summed E-state index contributed by atoms with van der Waals surface area (Å²) < 4.78 is 34.1. The van der Waals surface area contributed by atoms with Gasteiger partial charge in [0.2, 0.25) is 0 Å². The Hall–Kier alpha value is 2.76. The van der Waals surface area contributed by atoms with Crippen LogP contribution in [0.3, 0.4) is 0 Å². The van der Waals surface area contributed by atoms with E-state index in [1.807, 2.05) is 0 Å². The zero-order valence-corrected chi connectivity index (χ0v) is 10.8. The van der Waals surface area contributed by atoms with Crippen LogP contribution in [0.15, 0.2) is 0 Å². The molecule has 0 aromatic carbocycles. The van der Waals surface area contributed by atoms with Crippen molar-refractivity contribution in [3.05, 3.63) is 0 Å². The van der Waals surface area contributed by atoms with Gasteiger partial charge in [0.1, 0.15) is 0 Å². The first-order valence-electron chi connectivity index (χ1n) is 0.667. The molecule has 4 nitrogen and oxygen atoms in total. The molecule has 0 rings (SSSR count). The van der Waals surface area contributed by atoms with Crippen LogP contribution >= 0.6 is 0 Å². The van der Waals surface area contributed by atoms with Crippen molar-refractivity contribution in [2.75, 3.05) is 0 Å². The van der Waals surface area contributed by atoms with Gasteiger partial charge < -0.3 is 33.1 Å². The molecule has 0 aromatic rings. The number of hydrogen-bond donors (Lipinski definition) is 0. The Balaban J connectivity index is -0.0000000267. The predicted octanol–water partition coefficient (Wildman–Crippen LogP) is -7.33. The van der Waals surface area contributed by atoms with Gasteiger partial charge in [0.25, 0.3) is 0 Å².